The lowest BCUT2D eigenvalue weighted by atomic mass is 10.4. The summed E-state index contributed by atoms with van der Waals surface area (Å²) in [4.78, 5) is 26.4. The maximum Gasteiger partial charge on any atom is 0.352 e. The second-order valence-corrected chi connectivity index (χ2v) is 2.87. The minimum Gasteiger partial charge on any atom is -0.317 e. The highest BCUT2D eigenvalue weighted by Crippen LogP contribution is 2.04. The molecule has 0 aromatic carbocycles. The molecule has 0 aromatic rings. The van der Waals surface area contributed by atoms with Gasteiger partial charge in [-0.1, -0.05) is 0 Å². The lowest BCUT2D eigenvalue weighted by Crippen LogP contribution is -2.36. The molecule has 0 spiro atoms. The summed E-state index contributed by atoms with van der Waals surface area (Å²) in [7, 11) is 2.99. The van der Waals surface area contributed by atoms with E-state index in [-0.39, 0.29) is 11.5 Å². The molecule has 2 heterocycles. The molecule has 7 nitrogen and oxygen atoms in total. The van der Waals surface area contributed by atoms with Crippen LogP contribution in [0.25, 0.3) is 11.5 Å². The van der Waals surface area contributed by atoms with Crippen LogP contribution in [0.4, 0.5) is 0 Å². The predicted octanol–water partition coefficient (Wildman–Crippen LogP) is -1.63. The van der Waals surface area contributed by atoms with E-state index in [1.807, 2.05) is 0 Å². The first-order chi connectivity index (χ1) is 6.61. The number of hydrogen-bond acceptors (Lipinski definition) is 5. The van der Waals surface area contributed by atoms with Crippen molar-refractivity contribution in [3.05, 3.63) is 27.2 Å². The summed E-state index contributed by atoms with van der Waals surface area (Å²) < 4.78 is 2.38. The Labute approximate surface area is 78.0 Å². The summed E-state index contributed by atoms with van der Waals surface area (Å²) >= 11 is 0. The fourth-order valence-electron chi connectivity index (χ4n) is 1.11. The van der Waals surface area contributed by atoms with Crippen LogP contribution >= 0.6 is 0 Å². The van der Waals surface area contributed by atoms with Crippen molar-refractivity contribution >= 4 is 0 Å². The van der Waals surface area contributed by atoms with Crippen LogP contribution < -0.4 is 11.2 Å². The molecule has 0 saturated heterocycles. The van der Waals surface area contributed by atoms with Gasteiger partial charge >= 0.3 is 5.69 Å². The largest absolute Gasteiger partial charge is 0.352 e. The van der Waals surface area contributed by atoms with Crippen LogP contribution in [0.5, 0.6) is 0 Å². The molecule has 0 N–H and O–H groups in total. The van der Waals surface area contributed by atoms with Crippen molar-refractivity contribution < 1.29 is 0 Å². The van der Waals surface area contributed by atoms with Gasteiger partial charge in [0.15, 0.2) is 11.5 Å². The van der Waals surface area contributed by atoms with Crippen LogP contribution in [0, 0.1) is 0 Å². The van der Waals surface area contributed by atoms with Gasteiger partial charge in [-0.3, -0.25) is 9.36 Å². The number of rotatable bonds is 0. The Hall–Kier alpha value is -2.05. The number of hydrogen-bond donors (Lipinski definition) is 0. The molecule has 2 aliphatic heterocycles. The average molecular weight is 193 g/mol. The van der Waals surface area contributed by atoms with Crippen molar-refractivity contribution in [3.8, 4) is 11.5 Å². The van der Waals surface area contributed by atoms with Crippen molar-refractivity contribution in [2.75, 3.05) is 0 Å². The summed E-state index contributed by atoms with van der Waals surface area (Å²) in [5.41, 5.74) is -0.980. The molecule has 0 aromatic heterocycles. The molecular weight excluding hydrogens is 186 g/mol. The van der Waals surface area contributed by atoms with Gasteiger partial charge in [-0.05, 0) is 0 Å². The first-order valence-electron chi connectivity index (χ1n) is 3.86. The number of nitrogens with zero attached hydrogens (tertiary/aromatic N) is 5. The maximum absolute atomic E-state index is 11.5. The molecule has 0 atom stereocenters. The molecule has 0 bridgehead atoms. The zero-order chi connectivity index (χ0) is 10.3. The molecule has 2 aliphatic rings. The smallest absolute Gasteiger partial charge is 0.317 e. The molecule has 72 valence electrons. The monoisotopic (exact) mass is 193 g/mol. The highest BCUT2D eigenvalue weighted by atomic mass is 16.2. The van der Waals surface area contributed by atoms with Crippen molar-refractivity contribution in [3.63, 3.8) is 0 Å². The van der Waals surface area contributed by atoms with E-state index in [0.29, 0.717) is 0 Å². The third kappa shape index (κ3) is 1.02. The van der Waals surface area contributed by atoms with E-state index in [9.17, 15) is 9.59 Å². The SMILES string of the molecule is Cn1cnnc2c(=O)n(C)c(=O)nc1-2. The summed E-state index contributed by atoms with van der Waals surface area (Å²) in [5.74, 6) is 0.244. The molecule has 7 heteroatoms. The Kier molecular flexibility index (Phi) is 1.66. The molecule has 2 rings (SSSR count). The minimum absolute atomic E-state index is 0.0945. The van der Waals surface area contributed by atoms with E-state index in [4.69, 9.17) is 0 Å². The lowest BCUT2D eigenvalue weighted by Gasteiger charge is -2.06. The van der Waals surface area contributed by atoms with E-state index in [1.54, 1.807) is 7.05 Å². The fraction of sp³-hybridized carbons (Fsp3) is 0.286. The van der Waals surface area contributed by atoms with Crippen LogP contribution in [-0.4, -0.2) is 24.3 Å². The van der Waals surface area contributed by atoms with Crippen LogP contribution in [0.3, 0.4) is 0 Å². The quantitative estimate of drug-likeness (QED) is 0.501. The third-order valence-electron chi connectivity index (χ3n) is 1.92. The van der Waals surface area contributed by atoms with Gasteiger partial charge in [-0.25, -0.2) is 4.79 Å². The number of aromatic nitrogens is 5. The molecule has 14 heavy (non-hydrogen) atoms. The molecule has 0 amide bonds. The number of fused-ring (bicyclic) bond motifs is 1. The van der Waals surface area contributed by atoms with E-state index in [2.05, 4.69) is 15.2 Å². The van der Waals surface area contributed by atoms with Crippen LogP contribution in [0.1, 0.15) is 0 Å². The third-order valence-corrected chi connectivity index (χ3v) is 1.92. The Bertz CT molecular complexity index is 569. The van der Waals surface area contributed by atoms with E-state index >= 15 is 0 Å². The Morgan fingerprint density at radius 2 is 2.00 bits per heavy atom. The maximum atomic E-state index is 11.5. The van der Waals surface area contributed by atoms with Gasteiger partial charge < -0.3 is 4.57 Å². The predicted molar refractivity (Wildman–Crippen MR) is 46.9 cm³/mol. The van der Waals surface area contributed by atoms with Gasteiger partial charge in [0, 0.05) is 14.1 Å². The van der Waals surface area contributed by atoms with Gasteiger partial charge in [0.1, 0.15) is 6.33 Å². The summed E-state index contributed by atoms with van der Waals surface area (Å²) in [6.07, 6.45) is 1.38. The molecular formula is C7H7N5O2. The molecule has 0 fully saturated rings. The first kappa shape index (κ1) is 8.54. The van der Waals surface area contributed by atoms with Crippen LogP contribution in [0.2, 0.25) is 0 Å². The van der Waals surface area contributed by atoms with Gasteiger partial charge in [-0.15, -0.1) is 10.2 Å². The van der Waals surface area contributed by atoms with Crippen molar-refractivity contribution in [2.45, 2.75) is 0 Å². The molecule has 0 saturated carbocycles. The Balaban J connectivity index is 3.05. The zero-order valence-corrected chi connectivity index (χ0v) is 7.63. The minimum atomic E-state index is -0.592. The van der Waals surface area contributed by atoms with Crippen molar-refractivity contribution in [1.29, 1.82) is 0 Å². The lowest BCUT2D eigenvalue weighted by molar-refractivity contribution is 0.714. The van der Waals surface area contributed by atoms with Crippen molar-refractivity contribution in [2.24, 2.45) is 14.1 Å². The number of aryl methyl sites for hydroxylation is 1. The summed E-state index contributed by atoms with van der Waals surface area (Å²) in [5, 5.41) is 7.24. The molecule has 0 radical (unpaired) electrons. The molecule has 0 unspecified atom stereocenters. The fourth-order valence-corrected chi connectivity index (χ4v) is 1.11. The standard InChI is InChI=1S/C7H7N5O2/c1-11-3-8-10-4-5(11)9-7(14)12(2)6(4)13/h3H,1-2H3. The molecule has 0 aliphatic carbocycles. The average Bonchev–Trinajstić information content (AvgIpc) is 2.17. The first-order valence-corrected chi connectivity index (χ1v) is 3.86. The van der Waals surface area contributed by atoms with Gasteiger partial charge in [-0.2, -0.15) is 4.98 Å². The Morgan fingerprint density at radius 1 is 1.29 bits per heavy atom. The second kappa shape index (κ2) is 2.72. The highest BCUT2D eigenvalue weighted by molar-refractivity contribution is 5.46. The van der Waals surface area contributed by atoms with Crippen LogP contribution in [-0.2, 0) is 14.1 Å². The van der Waals surface area contributed by atoms with E-state index in [0.717, 1.165) is 4.57 Å². The zero-order valence-electron chi connectivity index (χ0n) is 7.63. The van der Waals surface area contributed by atoms with Gasteiger partial charge in [0.05, 0.1) is 0 Å². The summed E-state index contributed by atoms with van der Waals surface area (Å²) in [6, 6.07) is 0. The normalized spacial score (nSPS) is 10.7. The van der Waals surface area contributed by atoms with E-state index < -0.39 is 11.2 Å². The second-order valence-electron chi connectivity index (χ2n) is 2.87. The van der Waals surface area contributed by atoms with Gasteiger partial charge in [0.25, 0.3) is 5.56 Å². The highest BCUT2D eigenvalue weighted by Gasteiger charge is 2.15. The van der Waals surface area contributed by atoms with Crippen molar-refractivity contribution in [1.82, 2.24) is 24.3 Å². The Morgan fingerprint density at radius 3 is 2.71 bits per heavy atom. The topological polar surface area (TPSA) is 82.7 Å². The van der Waals surface area contributed by atoms with E-state index in [1.165, 1.54) is 17.9 Å². The van der Waals surface area contributed by atoms with Crippen LogP contribution in [0.15, 0.2) is 15.9 Å². The summed E-state index contributed by atoms with van der Waals surface area (Å²) in [6.45, 7) is 0. The van der Waals surface area contributed by atoms with Gasteiger partial charge in [0.2, 0.25) is 0 Å².